The van der Waals surface area contributed by atoms with Crippen molar-refractivity contribution in [2.24, 2.45) is 18.9 Å². The minimum Gasteiger partial charge on any atom is -0.353 e. The zero-order chi connectivity index (χ0) is 14.8. The van der Waals surface area contributed by atoms with Gasteiger partial charge in [-0.25, -0.2) is 0 Å². The highest BCUT2D eigenvalue weighted by Crippen LogP contribution is 2.29. The minimum atomic E-state index is 0. The predicted octanol–water partition coefficient (Wildman–Crippen LogP) is 1.84. The first kappa shape index (κ1) is 17.3. The first-order valence-corrected chi connectivity index (χ1v) is 8.15. The summed E-state index contributed by atoms with van der Waals surface area (Å²) in [6.07, 6.45) is 8.83. The van der Waals surface area contributed by atoms with Gasteiger partial charge >= 0.3 is 0 Å². The van der Waals surface area contributed by atoms with Gasteiger partial charge in [0.1, 0.15) is 0 Å². The Bertz CT molecular complexity index is 504. The lowest BCUT2D eigenvalue weighted by molar-refractivity contribution is -0.126. The quantitative estimate of drug-likeness (QED) is 0.891. The number of aromatic nitrogens is 2. The van der Waals surface area contributed by atoms with Crippen LogP contribution in [0.2, 0.25) is 0 Å². The lowest BCUT2D eigenvalue weighted by Gasteiger charge is -2.31. The Labute approximate surface area is 138 Å². The molecular formula is C16H27ClN4O. The van der Waals surface area contributed by atoms with Crippen LogP contribution in [0, 0.1) is 11.8 Å². The predicted molar refractivity (Wildman–Crippen MR) is 89.1 cm³/mol. The zero-order valence-corrected chi connectivity index (χ0v) is 14.2. The number of nitrogens with one attached hydrogen (secondary N) is 2. The summed E-state index contributed by atoms with van der Waals surface area (Å²) >= 11 is 0. The van der Waals surface area contributed by atoms with Crippen molar-refractivity contribution in [2.45, 2.75) is 44.6 Å². The number of aryl methyl sites for hydroxylation is 1. The summed E-state index contributed by atoms with van der Waals surface area (Å²) in [6, 6.07) is 0.362. The van der Waals surface area contributed by atoms with Gasteiger partial charge in [0.05, 0.1) is 12.1 Å². The normalized spacial score (nSPS) is 31.5. The van der Waals surface area contributed by atoms with E-state index in [1.165, 1.54) is 24.8 Å². The van der Waals surface area contributed by atoms with Crippen molar-refractivity contribution >= 4 is 18.3 Å². The molecule has 5 nitrogen and oxygen atoms in total. The first-order chi connectivity index (χ1) is 10.1. The molecule has 6 heteroatoms. The standard InChI is InChI=1S/C16H26N4O.ClH/c1-11-5-3-4-6-15(11)19-16(21)14-9-17-8-13(14)12-7-18-20(2)10-12;/h7,10-11,13-15,17H,3-6,8-9H2,1-2H3,(H,19,21);1H/t11?,13-,14+,15?;/m1./s1. The van der Waals surface area contributed by atoms with Crippen molar-refractivity contribution in [2.75, 3.05) is 13.1 Å². The van der Waals surface area contributed by atoms with Gasteiger partial charge in [-0.3, -0.25) is 9.48 Å². The van der Waals surface area contributed by atoms with Crippen molar-refractivity contribution in [1.82, 2.24) is 20.4 Å². The molecule has 1 aromatic heterocycles. The fraction of sp³-hybridized carbons (Fsp3) is 0.750. The molecule has 124 valence electrons. The van der Waals surface area contributed by atoms with Crippen LogP contribution >= 0.6 is 12.4 Å². The Morgan fingerprint density at radius 1 is 1.36 bits per heavy atom. The van der Waals surface area contributed by atoms with E-state index in [0.717, 1.165) is 19.5 Å². The lowest BCUT2D eigenvalue weighted by Crippen LogP contribution is -2.45. The van der Waals surface area contributed by atoms with E-state index in [4.69, 9.17) is 0 Å². The lowest BCUT2D eigenvalue weighted by atomic mass is 9.84. The summed E-state index contributed by atoms with van der Waals surface area (Å²) < 4.78 is 1.81. The molecule has 22 heavy (non-hydrogen) atoms. The first-order valence-electron chi connectivity index (χ1n) is 8.15. The fourth-order valence-corrected chi connectivity index (χ4v) is 3.76. The van der Waals surface area contributed by atoms with E-state index >= 15 is 0 Å². The van der Waals surface area contributed by atoms with Crippen LogP contribution in [0.3, 0.4) is 0 Å². The van der Waals surface area contributed by atoms with Crippen LogP contribution in [-0.4, -0.2) is 34.8 Å². The molecule has 1 saturated carbocycles. The monoisotopic (exact) mass is 326 g/mol. The number of rotatable bonds is 3. The maximum atomic E-state index is 12.7. The van der Waals surface area contributed by atoms with Gasteiger partial charge in [-0.05, 0) is 24.3 Å². The van der Waals surface area contributed by atoms with Crippen molar-refractivity contribution in [3.63, 3.8) is 0 Å². The fourth-order valence-electron chi connectivity index (χ4n) is 3.76. The molecule has 2 unspecified atom stereocenters. The Balaban J connectivity index is 0.00000176. The minimum absolute atomic E-state index is 0. The summed E-state index contributed by atoms with van der Waals surface area (Å²) in [5.74, 6) is 1.10. The third-order valence-electron chi connectivity index (χ3n) is 5.14. The van der Waals surface area contributed by atoms with Gasteiger partial charge < -0.3 is 10.6 Å². The van der Waals surface area contributed by atoms with E-state index in [1.54, 1.807) is 0 Å². The molecule has 0 radical (unpaired) electrons. The van der Waals surface area contributed by atoms with Crippen LogP contribution < -0.4 is 10.6 Å². The molecule has 2 N–H and O–H groups in total. The van der Waals surface area contributed by atoms with Crippen molar-refractivity contribution in [1.29, 1.82) is 0 Å². The molecule has 2 aliphatic rings. The second-order valence-corrected chi connectivity index (χ2v) is 6.70. The van der Waals surface area contributed by atoms with E-state index in [1.807, 2.05) is 24.1 Å². The topological polar surface area (TPSA) is 59.0 Å². The molecule has 0 spiro atoms. The largest absolute Gasteiger partial charge is 0.353 e. The second kappa shape index (κ2) is 7.47. The molecule has 4 atom stereocenters. The number of amides is 1. The number of hydrogen-bond donors (Lipinski definition) is 2. The van der Waals surface area contributed by atoms with Crippen LogP contribution in [0.5, 0.6) is 0 Å². The molecule has 2 fully saturated rings. The molecule has 1 amide bonds. The Hall–Kier alpha value is -1.07. The summed E-state index contributed by atoms with van der Waals surface area (Å²) in [5.41, 5.74) is 1.17. The van der Waals surface area contributed by atoms with Gasteiger partial charge in [0.2, 0.25) is 5.91 Å². The van der Waals surface area contributed by atoms with E-state index in [0.29, 0.717) is 12.0 Å². The van der Waals surface area contributed by atoms with E-state index < -0.39 is 0 Å². The van der Waals surface area contributed by atoms with Gasteiger partial charge in [0, 0.05) is 38.3 Å². The molecule has 1 aromatic rings. The summed E-state index contributed by atoms with van der Waals surface area (Å²) in [5, 5.41) is 10.9. The molecule has 2 heterocycles. The maximum Gasteiger partial charge on any atom is 0.225 e. The smallest absolute Gasteiger partial charge is 0.225 e. The SMILES string of the molecule is CC1CCCCC1NC(=O)[C@H]1CNC[C@@H]1c1cnn(C)c1.Cl. The highest BCUT2D eigenvalue weighted by molar-refractivity contribution is 5.85. The van der Waals surface area contributed by atoms with E-state index in [-0.39, 0.29) is 30.2 Å². The van der Waals surface area contributed by atoms with Crippen LogP contribution in [0.1, 0.15) is 44.1 Å². The van der Waals surface area contributed by atoms with Crippen LogP contribution in [-0.2, 0) is 11.8 Å². The van der Waals surface area contributed by atoms with Gasteiger partial charge in [-0.15, -0.1) is 12.4 Å². The number of carbonyl (C=O) groups is 1. The maximum absolute atomic E-state index is 12.7. The summed E-state index contributed by atoms with van der Waals surface area (Å²) in [6.45, 7) is 3.89. The average Bonchev–Trinajstić information content (AvgIpc) is 3.09. The molecular weight excluding hydrogens is 300 g/mol. The van der Waals surface area contributed by atoms with Gasteiger partial charge in [0.25, 0.3) is 0 Å². The Kier molecular flexibility index (Phi) is 5.87. The third kappa shape index (κ3) is 3.63. The van der Waals surface area contributed by atoms with Crippen molar-refractivity contribution in [3.8, 4) is 0 Å². The number of hydrogen-bond acceptors (Lipinski definition) is 3. The molecule has 0 aromatic carbocycles. The van der Waals surface area contributed by atoms with Crippen molar-refractivity contribution in [3.05, 3.63) is 18.0 Å². The number of halogens is 1. The molecule has 1 aliphatic heterocycles. The average molecular weight is 327 g/mol. The highest BCUT2D eigenvalue weighted by atomic mass is 35.5. The van der Waals surface area contributed by atoms with Gasteiger partial charge in [0.15, 0.2) is 0 Å². The summed E-state index contributed by atoms with van der Waals surface area (Å²) in [7, 11) is 1.92. The molecule has 0 bridgehead atoms. The zero-order valence-electron chi connectivity index (χ0n) is 13.4. The number of carbonyl (C=O) groups excluding carboxylic acids is 1. The van der Waals surface area contributed by atoms with Gasteiger partial charge in [-0.1, -0.05) is 19.8 Å². The molecule has 3 rings (SSSR count). The van der Waals surface area contributed by atoms with Crippen molar-refractivity contribution < 1.29 is 4.79 Å². The highest BCUT2D eigenvalue weighted by Gasteiger charge is 2.36. The Morgan fingerprint density at radius 3 is 2.82 bits per heavy atom. The third-order valence-corrected chi connectivity index (χ3v) is 5.14. The van der Waals surface area contributed by atoms with E-state index in [2.05, 4.69) is 22.7 Å². The summed E-state index contributed by atoms with van der Waals surface area (Å²) in [4.78, 5) is 12.7. The van der Waals surface area contributed by atoms with Gasteiger partial charge in [-0.2, -0.15) is 5.10 Å². The molecule has 1 saturated heterocycles. The second-order valence-electron chi connectivity index (χ2n) is 6.70. The number of nitrogens with zero attached hydrogens (tertiary/aromatic N) is 2. The van der Waals surface area contributed by atoms with E-state index in [9.17, 15) is 4.79 Å². The van der Waals surface area contributed by atoms with Crippen LogP contribution in [0.4, 0.5) is 0 Å². The van der Waals surface area contributed by atoms with Crippen LogP contribution in [0.15, 0.2) is 12.4 Å². The Morgan fingerprint density at radius 2 is 2.14 bits per heavy atom. The van der Waals surface area contributed by atoms with Crippen LogP contribution in [0.25, 0.3) is 0 Å². The molecule has 1 aliphatic carbocycles.